The summed E-state index contributed by atoms with van der Waals surface area (Å²) in [5.74, 6) is 0.901. The van der Waals surface area contributed by atoms with E-state index in [2.05, 4.69) is 26.0 Å². The van der Waals surface area contributed by atoms with E-state index in [4.69, 9.17) is 4.42 Å². The lowest BCUT2D eigenvalue weighted by Gasteiger charge is -2.05. The highest BCUT2D eigenvalue weighted by molar-refractivity contribution is 9.10. The zero-order chi connectivity index (χ0) is 12.7. The zero-order valence-corrected chi connectivity index (χ0v) is 11.1. The normalized spacial score (nSPS) is 13.1. The second-order valence-corrected chi connectivity index (χ2v) is 4.81. The van der Waals surface area contributed by atoms with Crippen molar-refractivity contribution in [1.29, 1.82) is 0 Å². The number of fused-ring (bicyclic) bond motifs is 1. The van der Waals surface area contributed by atoms with Crippen LogP contribution >= 0.6 is 15.9 Å². The maximum absolute atomic E-state index is 10.2. The fraction of sp³-hybridized carbons (Fsp3) is 0.167. The first kappa shape index (κ1) is 11.4. The van der Waals surface area contributed by atoms with Crippen LogP contribution in [0.25, 0.3) is 11.0 Å². The smallest absolute Gasteiger partial charge is 0.171 e. The standard InChI is InChI=1S/C12H10BrN3O2/c1-16-12(14-6-15-16)10(17)9-5-7-3-2-4-8(13)11(7)18-9/h2-6,10,17H,1H3. The van der Waals surface area contributed by atoms with E-state index in [1.807, 2.05) is 18.2 Å². The summed E-state index contributed by atoms with van der Waals surface area (Å²) in [7, 11) is 1.73. The third kappa shape index (κ3) is 1.74. The van der Waals surface area contributed by atoms with Crippen LogP contribution in [0.4, 0.5) is 0 Å². The van der Waals surface area contributed by atoms with Crippen molar-refractivity contribution in [1.82, 2.24) is 14.8 Å². The summed E-state index contributed by atoms with van der Waals surface area (Å²) >= 11 is 3.41. The minimum atomic E-state index is -0.920. The van der Waals surface area contributed by atoms with Gasteiger partial charge in [0, 0.05) is 12.4 Å². The number of halogens is 1. The summed E-state index contributed by atoms with van der Waals surface area (Å²) in [4.78, 5) is 4.01. The van der Waals surface area contributed by atoms with Gasteiger partial charge < -0.3 is 9.52 Å². The number of furan rings is 1. The average molecular weight is 308 g/mol. The van der Waals surface area contributed by atoms with Crippen LogP contribution in [0.5, 0.6) is 0 Å². The van der Waals surface area contributed by atoms with Crippen LogP contribution in [0.2, 0.25) is 0 Å². The molecule has 2 aromatic heterocycles. The van der Waals surface area contributed by atoms with Gasteiger partial charge in [-0.15, -0.1) is 0 Å². The van der Waals surface area contributed by atoms with Gasteiger partial charge in [0.2, 0.25) is 0 Å². The van der Waals surface area contributed by atoms with E-state index in [0.717, 1.165) is 9.86 Å². The molecule has 1 N–H and O–H groups in total. The molecule has 0 aliphatic heterocycles. The Bertz CT molecular complexity index is 704. The first-order valence-electron chi connectivity index (χ1n) is 5.36. The van der Waals surface area contributed by atoms with Gasteiger partial charge in [0.1, 0.15) is 17.7 Å². The Hall–Kier alpha value is -1.66. The molecule has 18 heavy (non-hydrogen) atoms. The van der Waals surface area contributed by atoms with Crippen LogP contribution in [0.3, 0.4) is 0 Å². The van der Waals surface area contributed by atoms with Gasteiger partial charge in [-0.1, -0.05) is 12.1 Å². The molecule has 0 fully saturated rings. The van der Waals surface area contributed by atoms with Crippen LogP contribution in [0.15, 0.2) is 39.5 Å². The number of para-hydroxylation sites is 1. The highest BCUT2D eigenvalue weighted by Crippen LogP contribution is 2.31. The van der Waals surface area contributed by atoms with Crippen molar-refractivity contribution in [3.05, 3.63) is 46.7 Å². The van der Waals surface area contributed by atoms with Crippen LogP contribution < -0.4 is 0 Å². The number of nitrogens with zero attached hydrogens (tertiary/aromatic N) is 3. The Balaban J connectivity index is 2.10. The molecule has 3 rings (SSSR count). The SMILES string of the molecule is Cn1ncnc1C(O)c1cc2cccc(Br)c2o1. The van der Waals surface area contributed by atoms with Gasteiger partial charge in [0.25, 0.3) is 0 Å². The second-order valence-electron chi connectivity index (χ2n) is 3.95. The molecule has 0 bridgehead atoms. The van der Waals surface area contributed by atoms with Crippen molar-refractivity contribution in [3.63, 3.8) is 0 Å². The molecule has 92 valence electrons. The van der Waals surface area contributed by atoms with Gasteiger partial charge >= 0.3 is 0 Å². The number of aliphatic hydroxyl groups is 1. The first-order valence-corrected chi connectivity index (χ1v) is 6.16. The van der Waals surface area contributed by atoms with Crippen LogP contribution in [0, 0.1) is 0 Å². The fourth-order valence-electron chi connectivity index (χ4n) is 1.86. The largest absolute Gasteiger partial charge is 0.457 e. The van der Waals surface area contributed by atoms with Gasteiger partial charge in [-0.05, 0) is 28.1 Å². The average Bonchev–Trinajstić information content (AvgIpc) is 2.95. The number of aliphatic hydroxyl groups excluding tert-OH is 1. The third-order valence-corrected chi connectivity index (χ3v) is 3.40. The molecule has 0 spiro atoms. The number of aryl methyl sites for hydroxylation is 1. The van der Waals surface area contributed by atoms with Crippen molar-refractivity contribution in [2.45, 2.75) is 6.10 Å². The Labute approximate surface area is 111 Å². The summed E-state index contributed by atoms with van der Waals surface area (Å²) in [5, 5.41) is 15.1. The summed E-state index contributed by atoms with van der Waals surface area (Å²) in [5.41, 5.74) is 0.716. The number of rotatable bonds is 2. The highest BCUT2D eigenvalue weighted by Gasteiger charge is 2.20. The van der Waals surface area contributed by atoms with Gasteiger partial charge in [-0.3, -0.25) is 4.68 Å². The molecule has 0 aliphatic rings. The van der Waals surface area contributed by atoms with Crippen LogP contribution in [-0.4, -0.2) is 19.9 Å². The van der Waals surface area contributed by atoms with Crippen molar-refractivity contribution < 1.29 is 9.52 Å². The zero-order valence-electron chi connectivity index (χ0n) is 9.54. The number of benzene rings is 1. The lowest BCUT2D eigenvalue weighted by molar-refractivity contribution is 0.178. The van der Waals surface area contributed by atoms with Crippen LogP contribution in [0.1, 0.15) is 17.7 Å². The van der Waals surface area contributed by atoms with Gasteiger partial charge in [-0.2, -0.15) is 5.10 Å². The van der Waals surface area contributed by atoms with E-state index in [-0.39, 0.29) is 0 Å². The van der Waals surface area contributed by atoms with Crippen molar-refractivity contribution in [2.24, 2.45) is 7.05 Å². The molecule has 2 heterocycles. The molecule has 0 saturated carbocycles. The molecule has 6 heteroatoms. The van der Waals surface area contributed by atoms with E-state index >= 15 is 0 Å². The lowest BCUT2D eigenvalue weighted by Crippen LogP contribution is -2.07. The van der Waals surface area contributed by atoms with E-state index in [0.29, 0.717) is 17.2 Å². The minimum absolute atomic E-state index is 0.449. The minimum Gasteiger partial charge on any atom is -0.457 e. The predicted octanol–water partition coefficient (Wildman–Crippen LogP) is 2.41. The van der Waals surface area contributed by atoms with E-state index in [1.54, 1.807) is 13.1 Å². The molecule has 1 atom stereocenters. The van der Waals surface area contributed by atoms with E-state index in [9.17, 15) is 5.11 Å². The topological polar surface area (TPSA) is 64.1 Å². The molecule has 0 saturated heterocycles. The maximum Gasteiger partial charge on any atom is 0.171 e. The lowest BCUT2D eigenvalue weighted by atomic mass is 10.2. The van der Waals surface area contributed by atoms with Gasteiger partial charge in [-0.25, -0.2) is 4.98 Å². The van der Waals surface area contributed by atoms with Gasteiger partial charge in [0.05, 0.1) is 4.47 Å². The first-order chi connectivity index (χ1) is 8.66. The Kier molecular flexibility index (Phi) is 2.68. The number of aromatic nitrogens is 3. The third-order valence-electron chi connectivity index (χ3n) is 2.78. The Morgan fingerprint density at radius 1 is 1.44 bits per heavy atom. The maximum atomic E-state index is 10.2. The molecule has 0 aliphatic carbocycles. The van der Waals surface area contributed by atoms with Crippen molar-refractivity contribution >= 4 is 26.9 Å². The van der Waals surface area contributed by atoms with E-state index < -0.39 is 6.10 Å². The van der Waals surface area contributed by atoms with Crippen LogP contribution in [-0.2, 0) is 7.05 Å². The summed E-state index contributed by atoms with van der Waals surface area (Å²) in [6.45, 7) is 0. The molecule has 3 aromatic rings. The summed E-state index contributed by atoms with van der Waals surface area (Å²) < 4.78 is 8.04. The fourth-order valence-corrected chi connectivity index (χ4v) is 2.32. The molecule has 5 nitrogen and oxygen atoms in total. The van der Waals surface area contributed by atoms with E-state index in [1.165, 1.54) is 11.0 Å². The number of hydrogen-bond acceptors (Lipinski definition) is 4. The predicted molar refractivity (Wildman–Crippen MR) is 69.0 cm³/mol. The molecular formula is C12H10BrN3O2. The summed E-state index contributed by atoms with van der Waals surface area (Å²) in [6.07, 6.45) is 0.480. The van der Waals surface area contributed by atoms with Crippen molar-refractivity contribution in [2.75, 3.05) is 0 Å². The molecular weight excluding hydrogens is 298 g/mol. The highest BCUT2D eigenvalue weighted by atomic mass is 79.9. The number of hydrogen-bond donors (Lipinski definition) is 1. The second kappa shape index (κ2) is 4.22. The molecule has 1 unspecified atom stereocenters. The van der Waals surface area contributed by atoms with Gasteiger partial charge in [0.15, 0.2) is 11.9 Å². The molecule has 0 radical (unpaired) electrons. The monoisotopic (exact) mass is 307 g/mol. The quantitative estimate of drug-likeness (QED) is 0.789. The Morgan fingerprint density at radius 3 is 2.94 bits per heavy atom. The summed E-state index contributed by atoms with van der Waals surface area (Å²) in [6, 6.07) is 7.54. The molecule has 0 amide bonds. The molecule has 1 aromatic carbocycles. The van der Waals surface area contributed by atoms with Crippen molar-refractivity contribution in [3.8, 4) is 0 Å². The Morgan fingerprint density at radius 2 is 2.28 bits per heavy atom.